The lowest BCUT2D eigenvalue weighted by atomic mass is 10.1. The van der Waals surface area contributed by atoms with Gasteiger partial charge in [0.15, 0.2) is 9.84 Å². The number of nitrogens with zero attached hydrogens (tertiary/aromatic N) is 2. The van der Waals surface area contributed by atoms with Crippen LogP contribution in [0.25, 0.3) is 11.5 Å². The van der Waals surface area contributed by atoms with Gasteiger partial charge in [-0.1, -0.05) is 0 Å². The van der Waals surface area contributed by atoms with E-state index in [9.17, 15) is 17.6 Å². The SMILES string of the molecule is Cc1oc(-c2ccc(F)cc2)nc1CC(=O)N1CCOC2CS(=O)(=O)CC21. The predicted molar refractivity (Wildman–Crippen MR) is 94.2 cm³/mol. The summed E-state index contributed by atoms with van der Waals surface area (Å²) in [6, 6.07) is 5.30. The number of aromatic nitrogens is 1. The molecule has 1 amide bonds. The number of amides is 1. The fourth-order valence-electron chi connectivity index (χ4n) is 3.58. The molecular weight excluding hydrogens is 375 g/mol. The number of halogens is 1. The molecule has 144 valence electrons. The van der Waals surface area contributed by atoms with Crippen LogP contribution in [0, 0.1) is 12.7 Å². The van der Waals surface area contributed by atoms with Gasteiger partial charge in [0.2, 0.25) is 11.8 Å². The average Bonchev–Trinajstić information content (AvgIpc) is 3.13. The van der Waals surface area contributed by atoms with Crippen molar-refractivity contribution in [2.24, 2.45) is 0 Å². The number of benzene rings is 1. The zero-order valence-corrected chi connectivity index (χ0v) is 15.5. The third-order valence-corrected chi connectivity index (χ3v) is 6.65. The summed E-state index contributed by atoms with van der Waals surface area (Å²) in [7, 11) is -3.20. The van der Waals surface area contributed by atoms with Gasteiger partial charge in [-0.25, -0.2) is 17.8 Å². The second-order valence-corrected chi connectivity index (χ2v) is 9.00. The third-order valence-electron chi connectivity index (χ3n) is 4.96. The molecule has 2 fully saturated rings. The summed E-state index contributed by atoms with van der Waals surface area (Å²) in [5.41, 5.74) is 1.11. The van der Waals surface area contributed by atoms with Gasteiger partial charge < -0.3 is 14.1 Å². The minimum atomic E-state index is -3.20. The van der Waals surface area contributed by atoms with Crippen molar-refractivity contribution in [3.8, 4) is 11.5 Å². The first-order valence-electron chi connectivity index (χ1n) is 8.66. The molecule has 0 radical (unpaired) electrons. The van der Waals surface area contributed by atoms with Crippen LogP contribution in [0.4, 0.5) is 4.39 Å². The zero-order valence-electron chi connectivity index (χ0n) is 14.7. The fourth-order valence-corrected chi connectivity index (χ4v) is 5.45. The molecule has 27 heavy (non-hydrogen) atoms. The van der Waals surface area contributed by atoms with Crippen LogP contribution in [0.2, 0.25) is 0 Å². The van der Waals surface area contributed by atoms with Gasteiger partial charge in [-0.05, 0) is 31.2 Å². The van der Waals surface area contributed by atoms with E-state index in [1.54, 1.807) is 24.0 Å². The van der Waals surface area contributed by atoms with Crippen molar-refractivity contribution >= 4 is 15.7 Å². The normalized spacial score (nSPS) is 24.0. The summed E-state index contributed by atoms with van der Waals surface area (Å²) < 4.78 is 48.0. The summed E-state index contributed by atoms with van der Waals surface area (Å²) in [5.74, 6) is 0.157. The number of fused-ring (bicyclic) bond motifs is 1. The smallest absolute Gasteiger partial charge is 0.229 e. The van der Waals surface area contributed by atoms with Crippen molar-refractivity contribution in [1.82, 2.24) is 9.88 Å². The average molecular weight is 394 g/mol. The van der Waals surface area contributed by atoms with Gasteiger partial charge in [0.1, 0.15) is 11.6 Å². The van der Waals surface area contributed by atoms with E-state index in [1.165, 1.54) is 12.1 Å². The largest absolute Gasteiger partial charge is 0.441 e. The molecule has 9 heteroatoms. The quantitative estimate of drug-likeness (QED) is 0.781. The molecule has 2 aliphatic heterocycles. The van der Waals surface area contributed by atoms with Gasteiger partial charge in [0.05, 0.1) is 42.4 Å². The number of carbonyl (C=O) groups is 1. The summed E-state index contributed by atoms with van der Waals surface area (Å²) in [4.78, 5) is 18.8. The molecule has 2 aliphatic rings. The Labute approximate surface area is 156 Å². The topological polar surface area (TPSA) is 89.7 Å². The van der Waals surface area contributed by atoms with E-state index < -0.39 is 22.0 Å². The van der Waals surface area contributed by atoms with Crippen molar-refractivity contribution in [2.45, 2.75) is 25.5 Å². The molecule has 7 nitrogen and oxygen atoms in total. The minimum Gasteiger partial charge on any atom is -0.441 e. The second-order valence-electron chi connectivity index (χ2n) is 6.85. The Bertz CT molecular complexity index is 970. The number of hydrogen-bond acceptors (Lipinski definition) is 6. The van der Waals surface area contributed by atoms with Crippen molar-refractivity contribution in [3.05, 3.63) is 41.5 Å². The number of sulfone groups is 1. The molecule has 2 atom stereocenters. The molecular formula is C18H19FN2O5S. The molecule has 2 aromatic rings. The lowest BCUT2D eigenvalue weighted by Gasteiger charge is -2.36. The van der Waals surface area contributed by atoms with E-state index in [0.717, 1.165) is 0 Å². The molecule has 4 rings (SSSR count). The second kappa shape index (κ2) is 6.72. The van der Waals surface area contributed by atoms with Crippen LogP contribution >= 0.6 is 0 Å². The van der Waals surface area contributed by atoms with E-state index in [4.69, 9.17) is 9.15 Å². The number of aryl methyl sites for hydroxylation is 1. The minimum absolute atomic E-state index is 0.0137. The highest BCUT2D eigenvalue weighted by Crippen LogP contribution is 2.27. The molecule has 0 spiro atoms. The van der Waals surface area contributed by atoms with Crippen LogP contribution in [0.3, 0.4) is 0 Å². The van der Waals surface area contributed by atoms with Crippen LogP contribution in [0.1, 0.15) is 11.5 Å². The van der Waals surface area contributed by atoms with Crippen LogP contribution < -0.4 is 0 Å². The molecule has 3 heterocycles. The maximum atomic E-state index is 13.1. The van der Waals surface area contributed by atoms with E-state index >= 15 is 0 Å². The Morgan fingerprint density at radius 3 is 2.78 bits per heavy atom. The maximum absolute atomic E-state index is 13.1. The number of rotatable bonds is 3. The van der Waals surface area contributed by atoms with Crippen molar-refractivity contribution in [2.75, 3.05) is 24.7 Å². The number of oxazole rings is 1. The van der Waals surface area contributed by atoms with E-state index in [0.29, 0.717) is 36.1 Å². The van der Waals surface area contributed by atoms with Gasteiger partial charge >= 0.3 is 0 Å². The first-order chi connectivity index (χ1) is 12.8. The molecule has 1 aromatic heterocycles. The van der Waals surface area contributed by atoms with Gasteiger partial charge in [-0.2, -0.15) is 0 Å². The number of ether oxygens (including phenoxy) is 1. The monoisotopic (exact) mass is 394 g/mol. The van der Waals surface area contributed by atoms with Crippen LogP contribution in [-0.2, 0) is 25.8 Å². The Morgan fingerprint density at radius 1 is 1.30 bits per heavy atom. The summed E-state index contributed by atoms with van der Waals surface area (Å²) in [5, 5.41) is 0. The summed E-state index contributed by atoms with van der Waals surface area (Å²) >= 11 is 0. The van der Waals surface area contributed by atoms with Gasteiger partial charge in [-0.3, -0.25) is 4.79 Å². The predicted octanol–water partition coefficient (Wildman–Crippen LogP) is 1.36. The van der Waals surface area contributed by atoms with E-state index in [1.807, 2.05) is 0 Å². The van der Waals surface area contributed by atoms with Gasteiger partial charge in [0.25, 0.3) is 0 Å². The Kier molecular flexibility index (Phi) is 4.51. The van der Waals surface area contributed by atoms with Crippen molar-refractivity contribution in [1.29, 1.82) is 0 Å². The van der Waals surface area contributed by atoms with Crippen molar-refractivity contribution in [3.63, 3.8) is 0 Å². The first-order valence-corrected chi connectivity index (χ1v) is 10.5. The van der Waals surface area contributed by atoms with Crippen LogP contribution in [-0.4, -0.2) is 61.0 Å². The summed E-state index contributed by atoms with van der Waals surface area (Å²) in [6.07, 6.45) is -0.444. The standard InChI is InChI=1S/C18H19FN2O5S/c1-11-14(20-18(26-11)12-2-4-13(19)5-3-12)8-17(22)21-6-7-25-16-10-27(23,24)9-15(16)21/h2-5,15-16H,6-10H2,1H3. The molecule has 0 N–H and O–H groups in total. The first kappa shape index (κ1) is 18.1. The molecule has 1 aromatic carbocycles. The molecule has 2 saturated heterocycles. The highest BCUT2D eigenvalue weighted by Gasteiger charge is 2.45. The zero-order chi connectivity index (χ0) is 19.2. The highest BCUT2D eigenvalue weighted by atomic mass is 32.2. The lowest BCUT2D eigenvalue weighted by molar-refractivity contribution is -0.142. The Balaban J connectivity index is 1.52. The Morgan fingerprint density at radius 2 is 2.04 bits per heavy atom. The maximum Gasteiger partial charge on any atom is 0.229 e. The Hall–Kier alpha value is -2.26. The van der Waals surface area contributed by atoms with E-state index in [2.05, 4.69) is 4.98 Å². The van der Waals surface area contributed by atoms with E-state index in [-0.39, 0.29) is 29.7 Å². The van der Waals surface area contributed by atoms with Crippen LogP contribution in [0.5, 0.6) is 0 Å². The van der Waals surface area contributed by atoms with Gasteiger partial charge in [-0.15, -0.1) is 0 Å². The fraction of sp³-hybridized carbons (Fsp3) is 0.444. The van der Waals surface area contributed by atoms with Crippen LogP contribution in [0.15, 0.2) is 28.7 Å². The van der Waals surface area contributed by atoms with Gasteiger partial charge in [0, 0.05) is 12.1 Å². The molecule has 0 saturated carbocycles. The summed E-state index contributed by atoms with van der Waals surface area (Å²) in [6.45, 7) is 2.39. The highest BCUT2D eigenvalue weighted by molar-refractivity contribution is 7.91. The van der Waals surface area contributed by atoms with Crippen molar-refractivity contribution < 1.29 is 26.8 Å². The molecule has 0 bridgehead atoms. The lowest BCUT2D eigenvalue weighted by Crippen LogP contribution is -2.53. The number of morpholine rings is 1. The molecule has 0 aliphatic carbocycles. The number of carbonyl (C=O) groups excluding carboxylic acids is 1. The number of hydrogen-bond donors (Lipinski definition) is 0. The third kappa shape index (κ3) is 3.61. The molecule has 2 unspecified atom stereocenters.